The fourth-order valence-corrected chi connectivity index (χ4v) is 3.07. The average Bonchev–Trinajstić information content (AvgIpc) is 2.71. The second kappa shape index (κ2) is 8.49. The zero-order chi connectivity index (χ0) is 19.2. The molecule has 0 heterocycles. The molecular formula is C23H23NO3. The van der Waals surface area contributed by atoms with Crippen molar-refractivity contribution in [3.8, 4) is 5.75 Å². The monoisotopic (exact) mass is 361 g/mol. The molecule has 0 saturated heterocycles. The largest absolute Gasteiger partial charge is 0.483 e. The highest BCUT2D eigenvalue weighted by Crippen LogP contribution is 2.26. The Balaban J connectivity index is 1.65. The normalized spacial score (nSPS) is 11.8. The summed E-state index contributed by atoms with van der Waals surface area (Å²) in [5, 5.41) is 4.70. The number of hydrogen-bond acceptors (Lipinski definition) is 3. The van der Waals surface area contributed by atoms with Gasteiger partial charge in [-0.15, -0.1) is 0 Å². The number of aldehydes is 1. The van der Waals surface area contributed by atoms with Gasteiger partial charge in [-0.1, -0.05) is 61.5 Å². The summed E-state index contributed by atoms with van der Waals surface area (Å²) < 4.78 is 5.63. The number of aryl methyl sites for hydroxylation is 1. The number of carbonyl (C=O) groups excluding carboxylic acids is 2. The number of benzene rings is 3. The summed E-state index contributed by atoms with van der Waals surface area (Å²) in [5.41, 5.74) is 2.77. The predicted molar refractivity (Wildman–Crippen MR) is 107 cm³/mol. The molecule has 3 aromatic rings. The zero-order valence-electron chi connectivity index (χ0n) is 15.6. The van der Waals surface area contributed by atoms with E-state index in [4.69, 9.17) is 4.74 Å². The van der Waals surface area contributed by atoms with Crippen LogP contribution in [0.25, 0.3) is 10.8 Å². The van der Waals surface area contributed by atoms with Crippen LogP contribution in [-0.4, -0.2) is 18.8 Å². The first-order chi connectivity index (χ1) is 13.1. The summed E-state index contributed by atoms with van der Waals surface area (Å²) >= 11 is 0. The molecule has 0 aromatic heterocycles. The molecule has 0 fully saturated rings. The molecule has 1 atom stereocenters. The van der Waals surface area contributed by atoms with Crippen LogP contribution < -0.4 is 10.1 Å². The lowest BCUT2D eigenvalue weighted by Gasteiger charge is -2.16. The smallest absolute Gasteiger partial charge is 0.258 e. The van der Waals surface area contributed by atoms with Crippen molar-refractivity contribution < 1.29 is 14.3 Å². The van der Waals surface area contributed by atoms with Gasteiger partial charge in [0, 0.05) is 0 Å². The molecule has 0 bridgehead atoms. The Bertz CT molecular complexity index is 947. The molecule has 0 aliphatic rings. The highest BCUT2D eigenvalue weighted by Gasteiger charge is 2.13. The van der Waals surface area contributed by atoms with Gasteiger partial charge < -0.3 is 10.1 Å². The minimum Gasteiger partial charge on any atom is -0.483 e. The minimum atomic E-state index is -0.230. The molecule has 27 heavy (non-hydrogen) atoms. The third kappa shape index (κ3) is 4.34. The number of nitrogens with one attached hydrogen (secondary N) is 1. The lowest BCUT2D eigenvalue weighted by molar-refractivity contribution is -0.123. The van der Waals surface area contributed by atoms with E-state index in [-0.39, 0.29) is 18.6 Å². The Morgan fingerprint density at radius 3 is 2.52 bits per heavy atom. The molecule has 0 aliphatic carbocycles. The number of carbonyl (C=O) groups is 2. The molecule has 0 unspecified atom stereocenters. The van der Waals surface area contributed by atoms with E-state index in [0.29, 0.717) is 11.3 Å². The number of fused-ring (bicyclic) bond motifs is 1. The molecule has 0 radical (unpaired) electrons. The number of hydrogen-bond donors (Lipinski definition) is 1. The molecular weight excluding hydrogens is 338 g/mol. The van der Waals surface area contributed by atoms with Crippen molar-refractivity contribution in [3.05, 3.63) is 77.4 Å². The van der Waals surface area contributed by atoms with Gasteiger partial charge in [0.1, 0.15) is 5.75 Å². The van der Waals surface area contributed by atoms with Gasteiger partial charge in [0.05, 0.1) is 11.6 Å². The third-order valence-corrected chi connectivity index (χ3v) is 4.67. The van der Waals surface area contributed by atoms with Crippen LogP contribution in [0.15, 0.2) is 60.7 Å². The van der Waals surface area contributed by atoms with Crippen molar-refractivity contribution in [2.24, 2.45) is 0 Å². The van der Waals surface area contributed by atoms with Crippen molar-refractivity contribution >= 4 is 23.0 Å². The van der Waals surface area contributed by atoms with E-state index in [1.807, 2.05) is 49.4 Å². The molecule has 1 amide bonds. The summed E-state index contributed by atoms with van der Waals surface area (Å²) in [6.45, 7) is 3.90. The number of rotatable bonds is 7. The van der Waals surface area contributed by atoms with E-state index in [1.54, 1.807) is 6.07 Å². The molecule has 3 rings (SSSR count). The van der Waals surface area contributed by atoms with Gasteiger partial charge in [0.25, 0.3) is 5.91 Å². The van der Waals surface area contributed by atoms with Gasteiger partial charge in [-0.05, 0) is 41.3 Å². The Hall–Kier alpha value is -3.14. The molecule has 138 valence electrons. The van der Waals surface area contributed by atoms with E-state index in [2.05, 4.69) is 24.4 Å². The molecule has 0 spiro atoms. The van der Waals surface area contributed by atoms with Crippen LogP contribution in [0.5, 0.6) is 5.75 Å². The minimum absolute atomic E-state index is 0.117. The van der Waals surface area contributed by atoms with Crippen molar-refractivity contribution in [1.29, 1.82) is 0 Å². The Morgan fingerprint density at radius 1 is 1.07 bits per heavy atom. The summed E-state index contributed by atoms with van der Waals surface area (Å²) in [5.74, 6) is 0.186. The van der Waals surface area contributed by atoms with Crippen LogP contribution >= 0.6 is 0 Å². The lowest BCUT2D eigenvalue weighted by Crippen LogP contribution is -2.31. The molecule has 4 heteroatoms. The third-order valence-electron chi connectivity index (χ3n) is 4.67. The molecule has 4 nitrogen and oxygen atoms in total. The first-order valence-corrected chi connectivity index (χ1v) is 9.10. The van der Waals surface area contributed by atoms with Crippen LogP contribution in [0.2, 0.25) is 0 Å². The van der Waals surface area contributed by atoms with Crippen LogP contribution in [0.3, 0.4) is 0 Å². The van der Waals surface area contributed by atoms with Crippen LogP contribution in [0, 0.1) is 0 Å². The highest BCUT2D eigenvalue weighted by molar-refractivity contribution is 6.00. The first-order valence-electron chi connectivity index (χ1n) is 9.10. The van der Waals surface area contributed by atoms with E-state index in [9.17, 15) is 9.59 Å². The van der Waals surface area contributed by atoms with Gasteiger partial charge >= 0.3 is 0 Å². The summed E-state index contributed by atoms with van der Waals surface area (Å²) in [7, 11) is 0. The SMILES string of the molecule is CCc1ccc([C@@H](C)NC(=O)COc2ccc3ccccc3c2C=O)cc1. The number of ether oxygens (including phenoxy) is 1. The van der Waals surface area contributed by atoms with Gasteiger partial charge in [-0.2, -0.15) is 0 Å². The zero-order valence-corrected chi connectivity index (χ0v) is 15.6. The quantitative estimate of drug-likeness (QED) is 0.632. The van der Waals surface area contributed by atoms with Gasteiger partial charge in [0.2, 0.25) is 0 Å². The van der Waals surface area contributed by atoms with Crippen molar-refractivity contribution in [1.82, 2.24) is 5.32 Å². The second-order valence-electron chi connectivity index (χ2n) is 6.49. The topological polar surface area (TPSA) is 55.4 Å². The average molecular weight is 361 g/mol. The number of amides is 1. The Morgan fingerprint density at radius 2 is 1.81 bits per heavy atom. The summed E-state index contributed by atoms with van der Waals surface area (Å²) in [4.78, 5) is 23.8. The maximum atomic E-state index is 12.3. The van der Waals surface area contributed by atoms with Crippen LogP contribution in [0.4, 0.5) is 0 Å². The van der Waals surface area contributed by atoms with Gasteiger partial charge in [-0.25, -0.2) is 0 Å². The fraction of sp³-hybridized carbons (Fsp3) is 0.217. The molecule has 1 N–H and O–H groups in total. The van der Waals surface area contributed by atoms with E-state index in [0.717, 1.165) is 29.0 Å². The molecule has 0 saturated carbocycles. The standard InChI is InChI=1S/C23H23NO3/c1-3-17-8-10-18(11-9-17)16(2)24-23(26)15-27-22-13-12-19-6-4-5-7-20(19)21(22)14-25/h4-14,16H,3,15H2,1-2H3,(H,24,26)/t16-/m1/s1. The summed E-state index contributed by atoms with van der Waals surface area (Å²) in [6, 6.07) is 19.3. The predicted octanol–water partition coefficient (Wildman–Crippen LogP) is 4.47. The second-order valence-corrected chi connectivity index (χ2v) is 6.49. The molecule has 3 aromatic carbocycles. The highest BCUT2D eigenvalue weighted by atomic mass is 16.5. The van der Waals surface area contributed by atoms with Gasteiger partial charge in [0.15, 0.2) is 12.9 Å². The summed E-state index contributed by atoms with van der Waals surface area (Å²) in [6.07, 6.45) is 1.76. The van der Waals surface area contributed by atoms with E-state index < -0.39 is 0 Å². The maximum Gasteiger partial charge on any atom is 0.258 e. The lowest BCUT2D eigenvalue weighted by atomic mass is 10.0. The van der Waals surface area contributed by atoms with Gasteiger partial charge in [-0.3, -0.25) is 9.59 Å². The van der Waals surface area contributed by atoms with Crippen molar-refractivity contribution in [3.63, 3.8) is 0 Å². The van der Waals surface area contributed by atoms with Crippen LogP contribution in [0.1, 0.15) is 41.4 Å². The van der Waals surface area contributed by atoms with Crippen molar-refractivity contribution in [2.45, 2.75) is 26.3 Å². The maximum absolute atomic E-state index is 12.3. The van der Waals surface area contributed by atoms with Crippen LogP contribution in [-0.2, 0) is 11.2 Å². The Labute approximate surface area is 159 Å². The fourth-order valence-electron chi connectivity index (χ4n) is 3.07. The first kappa shape index (κ1) is 18.6. The Kier molecular flexibility index (Phi) is 5.87. The van der Waals surface area contributed by atoms with E-state index in [1.165, 1.54) is 5.56 Å². The molecule has 0 aliphatic heterocycles. The van der Waals surface area contributed by atoms with E-state index >= 15 is 0 Å². The van der Waals surface area contributed by atoms with Crippen molar-refractivity contribution in [2.75, 3.05) is 6.61 Å².